The lowest BCUT2D eigenvalue weighted by Crippen LogP contribution is -2.47. The van der Waals surface area contributed by atoms with Crippen LogP contribution in [0.25, 0.3) is 0 Å². The molecule has 1 aromatic heterocycles. The van der Waals surface area contributed by atoms with E-state index in [1.54, 1.807) is 21.0 Å². The third-order valence-corrected chi connectivity index (χ3v) is 6.29. The number of hydrogen-bond donors (Lipinski definition) is 0. The summed E-state index contributed by atoms with van der Waals surface area (Å²) in [4.78, 5) is 4.01. The highest BCUT2D eigenvalue weighted by Gasteiger charge is 2.37. The van der Waals surface area contributed by atoms with Gasteiger partial charge in [-0.1, -0.05) is 6.92 Å². The number of aromatic nitrogens is 1. The molecule has 7 heteroatoms. The molecule has 2 aliphatic rings. The summed E-state index contributed by atoms with van der Waals surface area (Å²) in [5.74, 6) is 1.13. The van der Waals surface area contributed by atoms with Crippen molar-refractivity contribution in [1.29, 1.82) is 0 Å². The number of hydrogen-bond acceptors (Lipinski definition) is 4. The Morgan fingerprint density at radius 1 is 1.23 bits per heavy atom. The van der Waals surface area contributed by atoms with Crippen LogP contribution in [0.15, 0.2) is 24.5 Å². The molecule has 0 aliphatic carbocycles. The maximum atomic E-state index is 12.7. The van der Waals surface area contributed by atoms with Crippen molar-refractivity contribution in [3.63, 3.8) is 0 Å². The molecule has 1 aromatic rings. The summed E-state index contributed by atoms with van der Waals surface area (Å²) >= 11 is 0. The van der Waals surface area contributed by atoms with Gasteiger partial charge in [0.2, 0.25) is 0 Å². The Bertz CT molecular complexity index is 593. The summed E-state index contributed by atoms with van der Waals surface area (Å²) in [7, 11) is -3.35. The molecule has 0 bridgehead atoms. The number of pyridine rings is 1. The molecule has 0 N–H and O–H groups in total. The van der Waals surface area contributed by atoms with Crippen LogP contribution in [0.1, 0.15) is 26.2 Å². The quantitative estimate of drug-likeness (QED) is 0.842. The molecule has 6 nitrogen and oxygen atoms in total. The molecule has 2 saturated heterocycles. The van der Waals surface area contributed by atoms with Gasteiger partial charge in [-0.25, -0.2) is 0 Å². The number of piperidine rings is 1. The van der Waals surface area contributed by atoms with Crippen LogP contribution >= 0.6 is 0 Å². The van der Waals surface area contributed by atoms with Crippen LogP contribution < -0.4 is 4.74 Å². The standard InChI is InChI=1S/C15H23N3O3S/c1-13-4-3-8-17(11-13)22(19,20)18-9-6-15(12-18)21-14-5-2-7-16-10-14/h2,5,7,10,13,15H,3-4,6,8-9,11-12H2,1H3/t13-,15-/m0/s1. The molecular formula is C15H23N3O3S. The van der Waals surface area contributed by atoms with Gasteiger partial charge in [-0.2, -0.15) is 17.0 Å². The maximum Gasteiger partial charge on any atom is 0.282 e. The summed E-state index contributed by atoms with van der Waals surface area (Å²) in [5.41, 5.74) is 0. The van der Waals surface area contributed by atoms with Gasteiger partial charge in [-0.05, 0) is 37.3 Å². The lowest BCUT2D eigenvalue weighted by atomic mass is 10.0. The molecule has 2 fully saturated rings. The van der Waals surface area contributed by atoms with Crippen molar-refractivity contribution >= 4 is 10.2 Å². The zero-order chi connectivity index (χ0) is 15.6. The lowest BCUT2D eigenvalue weighted by molar-refractivity contribution is 0.210. The average molecular weight is 325 g/mol. The topological polar surface area (TPSA) is 62.7 Å². The maximum absolute atomic E-state index is 12.7. The van der Waals surface area contributed by atoms with E-state index in [0.717, 1.165) is 19.3 Å². The van der Waals surface area contributed by atoms with E-state index < -0.39 is 10.2 Å². The highest BCUT2D eigenvalue weighted by molar-refractivity contribution is 7.86. The van der Waals surface area contributed by atoms with Gasteiger partial charge in [-0.3, -0.25) is 4.98 Å². The van der Waals surface area contributed by atoms with Crippen molar-refractivity contribution in [3.05, 3.63) is 24.5 Å². The fourth-order valence-corrected chi connectivity index (χ4v) is 4.95. The van der Waals surface area contributed by atoms with Crippen LogP contribution in [0.5, 0.6) is 5.75 Å². The second-order valence-corrected chi connectivity index (χ2v) is 8.12. The molecule has 2 aliphatic heterocycles. The summed E-state index contributed by atoms with van der Waals surface area (Å²) in [6.45, 7) is 4.32. The molecule has 0 saturated carbocycles. The van der Waals surface area contributed by atoms with Gasteiger partial charge >= 0.3 is 0 Å². The van der Waals surface area contributed by atoms with Crippen molar-refractivity contribution < 1.29 is 13.2 Å². The van der Waals surface area contributed by atoms with Gasteiger partial charge in [0.05, 0.1) is 12.7 Å². The molecule has 122 valence electrons. The summed E-state index contributed by atoms with van der Waals surface area (Å²) in [6, 6.07) is 3.66. The third kappa shape index (κ3) is 3.42. The zero-order valence-electron chi connectivity index (χ0n) is 12.9. The highest BCUT2D eigenvalue weighted by Crippen LogP contribution is 2.25. The van der Waals surface area contributed by atoms with Gasteiger partial charge in [0.25, 0.3) is 10.2 Å². The first-order chi connectivity index (χ1) is 10.6. The minimum atomic E-state index is -3.35. The predicted molar refractivity (Wildman–Crippen MR) is 83.7 cm³/mol. The van der Waals surface area contributed by atoms with Crippen LogP contribution in [0.4, 0.5) is 0 Å². The Morgan fingerprint density at radius 3 is 2.77 bits per heavy atom. The molecule has 3 heterocycles. The smallest absolute Gasteiger partial charge is 0.282 e. The molecule has 0 aromatic carbocycles. The van der Waals surface area contributed by atoms with Gasteiger partial charge in [0.15, 0.2) is 0 Å². The van der Waals surface area contributed by atoms with Gasteiger partial charge in [0, 0.05) is 25.8 Å². The number of rotatable bonds is 4. The minimum Gasteiger partial charge on any atom is -0.487 e. The first-order valence-electron chi connectivity index (χ1n) is 7.87. The van der Waals surface area contributed by atoms with Crippen LogP contribution in [-0.2, 0) is 10.2 Å². The lowest BCUT2D eigenvalue weighted by Gasteiger charge is -2.33. The Kier molecular flexibility index (Phi) is 4.65. The number of nitrogens with zero attached hydrogens (tertiary/aromatic N) is 3. The van der Waals surface area contributed by atoms with Crippen LogP contribution in [0.3, 0.4) is 0 Å². The molecule has 0 radical (unpaired) electrons. The van der Waals surface area contributed by atoms with E-state index in [4.69, 9.17) is 4.74 Å². The first kappa shape index (κ1) is 15.7. The molecule has 22 heavy (non-hydrogen) atoms. The van der Waals surface area contributed by atoms with Gasteiger partial charge in [0.1, 0.15) is 11.9 Å². The van der Waals surface area contributed by atoms with E-state index >= 15 is 0 Å². The van der Waals surface area contributed by atoms with E-state index in [2.05, 4.69) is 11.9 Å². The van der Waals surface area contributed by atoms with Crippen LogP contribution in [-0.4, -0.2) is 54.3 Å². The van der Waals surface area contributed by atoms with Gasteiger partial charge < -0.3 is 4.74 Å². The minimum absolute atomic E-state index is 0.0961. The van der Waals surface area contributed by atoms with Crippen LogP contribution in [0, 0.1) is 5.92 Å². The van der Waals surface area contributed by atoms with E-state index in [-0.39, 0.29) is 6.10 Å². The molecule has 0 unspecified atom stereocenters. The van der Waals surface area contributed by atoms with Gasteiger partial charge in [-0.15, -0.1) is 0 Å². The second kappa shape index (κ2) is 6.52. The number of ether oxygens (including phenoxy) is 1. The Balaban J connectivity index is 1.61. The Labute approximate surface area is 132 Å². The summed E-state index contributed by atoms with van der Waals surface area (Å²) in [5, 5.41) is 0. The SMILES string of the molecule is C[C@H]1CCCN(S(=O)(=O)N2CC[C@H](Oc3cccnc3)C2)C1. The summed E-state index contributed by atoms with van der Waals surface area (Å²) < 4.78 is 34.4. The Morgan fingerprint density at radius 2 is 2.05 bits per heavy atom. The van der Waals surface area contributed by atoms with E-state index in [0.29, 0.717) is 37.8 Å². The fraction of sp³-hybridized carbons (Fsp3) is 0.667. The van der Waals surface area contributed by atoms with Crippen molar-refractivity contribution in [3.8, 4) is 5.75 Å². The van der Waals surface area contributed by atoms with Crippen molar-refractivity contribution in [2.24, 2.45) is 5.92 Å². The molecule has 0 amide bonds. The summed E-state index contributed by atoms with van der Waals surface area (Å²) in [6.07, 6.45) is 6.03. The van der Waals surface area contributed by atoms with Crippen molar-refractivity contribution in [2.75, 3.05) is 26.2 Å². The molecule has 0 spiro atoms. The molecular weight excluding hydrogens is 302 g/mol. The fourth-order valence-electron chi connectivity index (χ4n) is 3.13. The predicted octanol–water partition coefficient (Wildman–Crippen LogP) is 1.51. The van der Waals surface area contributed by atoms with Crippen LogP contribution in [0.2, 0.25) is 0 Å². The van der Waals surface area contributed by atoms with E-state index in [1.165, 1.54) is 0 Å². The van der Waals surface area contributed by atoms with E-state index in [9.17, 15) is 8.42 Å². The van der Waals surface area contributed by atoms with E-state index in [1.807, 2.05) is 12.1 Å². The Hall–Kier alpha value is -1.18. The largest absolute Gasteiger partial charge is 0.487 e. The zero-order valence-corrected chi connectivity index (χ0v) is 13.7. The van der Waals surface area contributed by atoms with Crippen molar-refractivity contribution in [1.82, 2.24) is 13.6 Å². The molecule has 2 atom stereocenters. The first-order valence-corrected chi connectivity index (χ1v) is 9.27. The normalized spacial score (nSPS) is 27.9. The molecule has 3 rings (SSSR count). The third-order valence-electron chi connectivity index (χ3n) is 4.32. The van der Waals surface area contributed by atoms with Crippen molar-refractivity contribution in [2.45, 2.75) is 32.3 Å². The monoisotopic (exact) mass is 325 g/mol. The second-order valence-electron chi connectivity index (χ2n) is 6.19. The average Bonchev–Trinajstić information content (AvgIpc) is 2.97. The highest BCUT2D eigenvalue weighted by atomic mass is 32.2.